The average Bonchev–Trinajstić information content (AvgIpc) is 2.79. The van der Waals surface area contributed by atoms with Crippen molar-refractivity contribution in [3.05, 3.63) is 64.4 Å². The smallest absolute Gasteiger partial charge is 0.333 e. The SMILES string of the molecule is CCOC1=CC=CC(C#C/C(C)=C\COc2ccc(C[C@H](OCC)C(=O)O)cc2Cl)(OCC)C1. The Kier molecular flexibility index (Phi) is 11.2. The van der Waals surface area contributed by atoms with Crippen molar-refractivity contribution in [2.75, 3.05) is 26.4 Å². The summed E-state index contributed by atoms with van der Waals surface area (Å²) < 4.78 is 22.6. The van der Waals surface area contributed by atoms with Gasteiger partial charge in [-0.15, -0.1) is 0 Å². The second-order valence-corrected chi connectivity index (χ2v) is 8.03. The fourth-order valence-electron chi connectivity index (χ4n) is 3.38. The van der Waals surface area contributed by atoms with E-state index in [1.165, 1.54) is 0 Å². The van der Waals surface area contributed by atoms with Crippen molar-refractivity contribution in [3.63, 3.8) is 0 Å². The largest absolute Gasteiger partial charge is 0.498 e. The van der Waals surface area contributed by atoms with Crippen LogP contribution in [0.2, 0.25) is 5.02 Å². The van der Waals surface area contributed by atoms with Gasteiger partial charge >= 0.3 is 5.97 Å². The third-order valence-corrected chi connectivity index (χ3v) is 5.27. The Bertz CT molecular complexity index is 985. The zero-order valence-electron chi connectivity index (χ0n) is 20.2. The molecule has 1 aromatic rings. The van der Waals surface area contributed by atoms with Gasteiger partial charge in [0.05, 0.1) is 11.6 Å². The van der Waals surface area contributed by atoms with Crippen molar-refractivity contribution in [2.24, 2.45) is 0 Å². The molecule has 2 rings (SSSR count). The molecule has 184 valence electrons. The van der Waals surface area contributed by atoms with Gasteiger partial charge in [0.1, 0.15) is 18.1 Å². The van der Waals surface area contributed by atoms with Gasteiger partial charge < -0.3 is 24.1 Å². The van der Waals surface area contributed by atoms with Crippen LogP contribution in [-0.4, -0.2) is 49.2 Å². The topological polar surface area (TPSA) is 74.2 Å². The first-order chi connectivity index (χ1) is 16.3. The van der Waals surface area contributed by atoms with Crippen LogP contribution >= 0.6 is 11.6 Å². The lowest BCUT2D eigenvalue weighted by atomic mass is 9.93. The van der Waals surface area contributed by atoms with E-state index in [4.69, 9.17) is 30.5 Å². The predicted molar refractivity (Wildman–Crippen MR) is 133 cm³/mol. The average molecular weight is 489 g/mol. The van der Waals surface area contributed by atoms with Gasteiger partial charge in [-0.3, -0.25) is 0 Å². The zero-order chi connectivity index (χ0) is 25.0. The summed E-state index contributed by atoms with van der Waals surface area (Å²) >= 11 is 6.34. The molecule has 1 unspecified atom stereocenters. The van der Waals surface area contributed by atoms with E-state index < -0.39 is 17.7 Å². The lowest BCUT2D eigenvalue weighted by Crippen LogP contribution is -2.31. The van der Waals surface area contributed by atoms with Gasteiger partial charge in [-0.05, 0) is 69.2 Å². The molecule has 1 N–H and O–H groups in total. The molecule has 0 spiro atoms. The summed E-state index contributed by atoms with van der Waals surface area (Å²) in [5.74, 6) is 6.77. The molecule has 0 saturated heterocycles. The Morgan fingerprint density at radius 2 is 2.03 bits per heavy atom. The molecule has 0 amide bonds. The van der Waals surface area contributed by atoms with Crippen LogP contribution in [0.25, 0.3) is 0 Å². The first-order valence-electron chi connectivity index (χ1n) is 11.4. The van der Waals surface area contributed by atoms with E-state index in [1.807, 2.05) is 45.1 Å². The number of rotatable bonds is 12. The van der Waals surface area contributed by atoms with Crippen molar-refractivity contribution in [1.29, 1.82) is 0 Å². The van der Waals surface area contributed by atoms with Crippen molar-refractivity contribution >= 4 is 17.6 Å². The summed E-state index contributed by atoms with van der Waals surface area (Å²) in [6.45, 7) is 9.32. The van der Waals surface area contributed by atoms with Gasteiger partial charge in [-0.25, -0.2) is 4.79 Å². The van der Waals surface area contributed by atoms with Crippen LogP contribution in [0.5, 0.6) is 5.75 Å². The first kappa shape index (κ1) is 27.5. The number of allylic oxidation sites excluding steroid dienone is 3. The standard InChI is InChI=1S/C27H33ClO6/c1-5-31-22-9-8-14-27(19-22,34-7-3)15-12-20(4)13-16-33-24-11-10-21(17-23(24)28)18-25(26(29)30)32-6-2/h8-11,13-14,17,25H,5-7,16,18-19H2,1-4H3,(H,29,30)/b20-13-/t25-,27?/m0/s1. The summed E-state index contributed by atoms with van der Waals surface area (Å²) in [5.41, 5.74) is 0.894. The number of halogens is 1. The highest BCUT2D eigenvalue weighted by atomic mass is 35.5. The number of aliphatic carboxylic acids is 1. The van der Waals surface area contributed by atoms with Crippen molar-refractivity contribution < 1.29 is 28.8 Å². The number of carbonyl (C=O) groups is 1. The second kappa shape index (κ2) is 13.9. The fourth-order valence-corrected chi connectivity index (χ4v) is 3.64. The second-order valence-electron chi connectivity index (χ2n) is 7.62. The Morgan fingerprint density at radius 1 is 1.24 bits per heavy atom. The monoisotopic (exact) mass is 488 g/mol. The third-order valence-electron chi connectivity index (χ3n) is 4.98. The van der Waals surface area contributed by atoms with Gasteiger partial charge in [0.25, 0.3) is 0 Å². The van der Waals surface area contributed by atoms with E-state index in [1.54, 1.807) is 25.1 Å². The van der Waals surface area contributed by atoms with Crippen molar-refractivity contribution in [3.8, 4) is 17.6 Å². The lowest BCUT2D eigenvalue weighted by molar-refractivity contribution is -0.149. The molecular weight excluding hydrogens is 456 g/mol. The molecule has 0 radical (unpaired) electrons. The van der Waals surface area contributed by atoms with Gasteiger partial charge in [-0.1, -0.05) is 35.6 Å². The van der Waals surface area contributed by atoms with E-state index in [0.29, 0.717) is 37.0 Å². The summed E-state index contributed by atoms with van der Waals surface area (Å²) in [6, 6.07) is 5.22. The Balaban J connectivity index is 2.00. The molecule has 1 aromatic carbocycles. The highest BCUT2D eigenvalue weighted by molar-refractivity contribution is 6.32. The van der Waals surface area contributed by atoms with Crippen LogP contribution in [0.4, 0.5) is 0 Å². The van der Waals surface area contributed by atoms with Gasteiger partial charge in [0.2, 0.25) is 0 Å². The number of ether oxygens (including phenoxy) is 4. The predicted octanol–water partition coefficient (Wildman–Crippen LogP) is 5.36. The maximum Gasteiger partial charge on any atom is 0.333 e. The molecule has 7 heteroatoms. The highest BCUT2D eigenvalue weighted by Crippen LogP contribution is 2.28. The summed E-state index contributed by atoms with van der Waals surface area (Å²) in [7, 11) is 0. The van der Waals surface area contributed by atoms with Crippen LogP contribution in [0.1, 0.15) is 39.7 Å². The van der Waals surface area contributed by atoms with E-state index in [-0.39, 0.29) is 13.0 Å². The normalized spacial score (nSPS) is 18.5. The van der Waals surface area contributed by atoms with Crippen LogP contribution < -0.4 is 4.74 Å². The molecule has 0 fully saturated rings. The fraction of sp³-hybridized carbons (Fsp3) is 0.444. The Labute approximate surface area is 207 Å². The lowest BCUT2D eigenvalue weighted by Gasteiger charge is -2.28. The number of carboxylic acids is 1. The molecule has 34 heavy (non-hydrogen) atoms. The molecule has 2 atom stereocenters. The van der Waals surface area contributed by atoms with E-state index >= 15 is 0 Å². The first-order valence-corrected chi connectivity index (χ1v) is 11.8. The number of hydrogen-bond donors (Lipinski definition) is 1. The molecule has 0 aromatic heterocycles. The molecule has 0 heterocycles. The minimum Gasteiger partial charge on any atom is -0.498 e. The Morgan fingerprint density at radius 3 is 2.68 bits per heavy atom. The van der Waals surface area contributed by atoms with Crippen LogP contribution in [-0.2, 0) is 25.4 Å². The maximum atomic E-state index is 11.3. The van der Waals surface area contributed by atoms with Crippen molar-refractivity contribution in [1.82, 2.24) is 0 Å². The highest BCUT2D eigenvalue weighted by Gasteiger charge is 2.29. The maximum absolute atomic E-state index is 11.3. The van der Waals surface area contributed by atoms with Gasteiger partial charge in [0, 0.05) is 26.1 Å². The van der Waals surface area contributed by atoms with E-state index in [9.17, 15) is 9.90 Å². The number of carboxylic acid groups (broad SMARTS) is 1. The quantitative estimate of drug-likeness (QED) is 0.399. The molecule has 1 aliphatic rings. The van der Waals surface area contributed by atoms with Gasteiger partial charge in [0.15, 0.2) is 11.7 Å². The summed E-state index contributed by atoms with van der Waals surface area (Å²) in [5, 5.41) is 9.66. The molecular formula is C27H33ClO6. The minimum absolute atomic E-state index is 0.230. The molecule has 0 bridgehead atoms. The van der Waals surface area contributed by atoms with Crippen LogP contribution in [0, 0.1) is 11.8 Å². The van der Waals surface area contributed by atoms with Gasteiger partial charge in [-0.2, -0.15) is 0 Å². The molecule has 6 nitrogen and oxygen atoms in total. The van der Waals surface area contributed by atoms with Crippen LogP contribution in [0.15, 0.2) is 53.8 Å². The molecule has 0 aliphatic heterocycles. The number of hydrogen-bond acceptors (Lipinski definition) is 5. The third kappa shape index (κ3) is 8.57. The summed E-state index contributed by atoms with van der Waals surface area (Å²) in [6.07, 6.45) is 7.57. The Hall–Kier alpha value is -2.72. The molecule has 0 saturated carbocycles. The summed E-state index contributed by atoms with van der Waals surface area (Å²) in [4.78, 5) is 11.3. The van der Waals surface area contributed by atoms with Crippen molar-refractivity contribution in [2.45, 2.75) is 52.2 Å². The molecule has 1 aliphatic carbocycles. The number of benzene rings is 1. The zero-order valence-corrected chi connectivity index (χ0v) is 21.0. The van der Waals surface area contributed by atoms with E-state index in [0.717, 1.165) is 16.9 Å². The van der Waals surface area contributed by atoms with E-state index in [2.05, 4.69) is 11.8 Å². The van der Waals surface area contributed by atoms with Crippen LogP contribution in [0.3, 0.4) is 0 Å². The minimum atomic E-state index is -1.00.